The summed E-state index contributed by atoms with van der Waals surface area (Å²) < 4.78 is 20.5. The number of ether oxygens (including phenoxy) is 1. The topological polar surface area (TPSA) is 66.0 Å². The van der Waals surface area contributed by atoms with Crippen molar-refractivity contribution in [3.05, 3.63) is 41.7 Å². The molecular formula is C12H15FN4O. The van der Waals surface area contributed by atoms with E-state index >= 15 is 0 Å². The number of aromatic nitrogens is 3. The molecule has 1 aromatic heterocycles. The molecule has 0 aliphatic heterocycles. The van der Waals surface area contributed by atoms with Gasteiger partial charge in [0.2, 0.25) is 0 Å². The molecule has 1 atom stereocenters. The van der Waals surface area contributed by atoms with Gasteiger partial charge in [-0.05, 0) is 13.0 Å². The standard InChI is InChI=1S/C12H15FN4O/c1-8(14)10-4-3-9(13)5-11(10)18-6-12-16-15-7-17(12)2/h3-5,7-8H,6,14H2,1-2H3/t8-/m0/s1. The Bertz CT molecular complexity index is 539. The number of hydrogen-bond acceptors (Lipinski definition) is 4. The highest BCUT2D eigenvalue weighted by Gasteiger charge is 2.10. The average Bonchev–Trinajstić information content (AvgIpc) is 2.72. The summed E-state index contributed by atoms with van der Waals surface area (Å²) in [5.41, 5.74) is 6.57. The molecule has 0 fully saturated rings. The second kappa shape index (κ2) is 5.14. The van der Waals surface area contributed by atoms with Crippen LogP contribution in [0.5, 0.6) is 5.75 Å². The third kappa shape index (κ3) is 2.65. The van der Waals surface area contributed by atoms with Crippen molar-refractivity contribution in [2.75, 3.05) is 0 Å². The van der Waals surface area contributed by atoms with Crippen LogP contribution in [0.4, 0.5) is 4.39 Å². The molecule has 2 N–H and O–H groups in total. The molecule has 5 nitrogen and oxygen atoms in total. The third-order valence-electron chi connectivity index (χ3n) is 2.63. The number of nitrogens with zero attached hydrogens (tertiary/aromatic N) is 3. The van der Waals surface area contributed by atoms with Gasteiger partial charge in [-0.25, -0.2) is 4.39 Å². The van der Waals surface area contributed by atoms with Crippen molar-refractivity contribution < 1.29 is 9.13 Å². The Balaban J connectivity index is 2.18. The van der Waals surface area contributed by atoms with Crippen molar-refractivity contribution in [1.29, 1.82) is 0 Å². The van der Waals surface area contributed by atoms with Gasteiger partial charge in [-0.15, -0.1) is 10.2 Å². The van der Waals surface area contributed by atoms with Gasteiger partial charge in [0.1, 0.15) is 24.5 Å². The molecule has 2 aromatic rings. The Morgan fingerprint density at radius 1 is 1.50 bits per heavy atom. The first-order chi connectivity index (χ1) is 8.58. The van der Waals surface area contributed by atoms with Crippen LogP contribution >= 0.6 is 0 Å². The van der Waals surface area contributed by atoms with E-state index in [0.29, 0.717) is 11.6 Å². The highest BCUT2D eigenvalue weighted by Crippen LogP contribution is 2.25. The summed E-state index contributed by atoms with van der Waals surface area (Å²) in [4.78, 5) is 0. The van der Waals surface area contributed by atoms with E-state index in [4.69, 9.17) is 10.5 Å². The molecule has 96 valence electrons. The minimum Gasteiger partial charge on any atom is -0.485 e. The second-order valence-corrected chi connectivity index (χ2v) is 4.12. The van der Waals surface area contributed by atoms with Gasteiger partial charge in [0.15, 0.2) is 5.82 Å². The summed E-state index contributed by atoms with van der Waals surface area (Å²) in [5.74, 6) is 0.746. The van der Waals surface area contributed by atoms with Crippen molar-refractivity contribution in [2.24, 2.45) is 12.8 Å². The quantitative estimate of drug-likeness (QED) is 0.894. The molecule has 2 rings (SSSR count). The lowest BCUT2D eigenvalue weighted by atomic mass is 10.1. The third-order valence-corrected chi connectivity index (χ3v) is 2.63. The Kier molecular flexibility index (Phi) is 3.57. The molecule has 0 amide bonds. The first-order valence-corrected chi connectivity index (χ1v) is 5.58. The zero-order valence-electron chi connectivity index (χ0n) is 10.3. The van der Waals surface area contributed by atoms with Gasteiger partial charge in [0.25, 0.3) is 0 Å². The molecule has 1 heterocycles. The maximum Gasteiger partial charge on any atom is 0.170 e. The fourth-order valence-electron chi connectivity index (χ4n) is 1.59. The summed E-state index contributed by atoms with van der Waals surface area (Å²) in [6, 6.07) is 4.11. The lowest BCUT2D eigenvalue weighted by molar-refractivity contribution is 0.285. The van der Waals surface area contributed by atoms with Crippen molar-refractivity contribution in [2.45, 2.75) is 19.6 Å². The molecule has 0 aliphatic carbocycles. The van der Waals surface area contributed by atoms with Gasteiger partial charge in [0, 0.05) is 24.7 Å². The van der Waals surface area contributed by atoms with Crippen LogP contribution in [-0.2, 0) is 13.7 Å². The summed E-state index contributed by atoms with van der Waals surface area (Å²) in [5, 5.41) is 7.63. The molecule has 0 saturated heterocycles. The van der Waals surface area contributed by atoms with Crippen molar-refractivity contribution in [3.8, 4) is 5.75 Å². The largest absolute Gasteiger partial charge is 0.485 e. The van der Waals surface area contributed by atoms with E-state index in [1.807, 2.05) is 14.0 Å². The number of rotatable bonds is 4. The van der Waals surface area contributed by atoms with E-state index in [9.17, 15) is 4.39 Å². The summed E-state index contributed by atoms with van der Waals surface area (Å²) in [6.07, 6.45) is 1.58. The highest BCUT2D eigenvalue weighted by atomic mass is 19.1. The maximum absolute atomic E-state index is 13.2. The highest BCUT2D eigenvalue weighted by molar-refractivity contribution is 5.36. The summed E-state index contributed by atoms with van der Waals surface area (Å²) in [7, 11) is 1.82. The maximum atomic E-state index is 13.2. The SMILES string of the molecule is C[C@H](N)c1ccc(F)cc1OCc1nncn1C. The molecule has 0 unspecified atom stereocenters. The van der Waals surface area contributed by atoms with Crippen LogP contribution in [0.2, 0.25) is 0 Å². The van der Waals surface area contributed by atoms with Gasteiger partial charge < -0.3 is 15.0 Å². The smallest absolute Gasteiger partial charge is 0.170 e. The lowest BCUT2D eigenvalue weighted by Gasteiger charge is -2.13. The van der Waals surface area contributed by atoms with Gasteiger partial charge in [-0.3, -0.25) is 0 Å². The van der Waals surface area contributed by atoms with Crippen molar-refractivity contribution in [1.82, 2.24) is 14.8 Å². The van der Waals surface area contributed by atoms with Crippen LogP contribution < -0.4 is 10.5 Å². The minimum absolute atomic E-state index is 0.222. The molecule has 0 bridgehead atoms. The van der Waals surface area contributed by atoms with Gasteiger partial charge >= 0.3 is 0 Å². The minimum atomic E-state index is -0.354. The number of hydrogen-bond donors (Lipinski definition) is 1. The molecule has 6 heteroatoms. The number of nitrogens with two attached hydrogens (primary N) is 1. The second-order valence-electron chi connectivity index (χ2n) is 4.12. The van der Waals surface area contributed by atoms with E-state index in [1.165, 1.54) is 12.1 Å². The Morgan fingerprint density at radius 3 is 2.89 bits per heavy atom. The monoisotopic (exact) mass is 250 g/mol. The number of aryl methyl sites for hydroxylation is 1. The first kappa shape index (κ1) is 12.5. The van der Waals surface area contributed by atoms with E-state index in [1.54, 1.807) is 17.0 Å². The van der Waals surface area contributed by atoms with E-state index in [2.05, 4.69) is 10.2 Å². The van der Waals surface area contributed by atoms with Crippen LogP contribution in [0.1, 0.15) is 24.4 Å². The molecule has 0 saturated carbocycles. The normalized spacial score (nSPS) is 12.4. The number of halogens is 1. The fraction of sp³-hybridized carbons (Fsp3) is 0.333. The van der Waals surface area contributed by atoms with E-state index in [-0.39, 0.29) is 18.5 Å². The van der Waals surface area contributed by atoms with E-state index in [0.717, 1.165) is 5.56 Å². The average molecular weight is 250 g/mol. The van der Waals surface area contributed by atoms with Crippen LogP contribution in [0, 0.1) is 5.82 Å². The molecule has 1 aromatic carbocycles. The number of benzene rings is 1. The lowest BCUT2D eigenvalue weighted by Crippen LogP contribution is -2.10. The van der Waals surface area contributed by atoms with Gasteiger partial charge in [-0.2, -0.15) is 0 Å². The molecule has 0 spiro atoms. The molecule has 18 heavy (non-hydrogen) atoms. The summed E-state index contributed by atoms with van der Waals surface area (Å²) in [6.45, 7) is 2.04. The Hall–Kier alpha value is -1.95. The summed E-state index contributed by atoms with van der Waals surface area (Å²) >= 11 is 0. The predicted octanol–water partition coefficient (Wildman–Crippen LogP) is 1.55. The molecular weight excluding hydrogens is 235 g/mol. The van der Waals surface area contributed by atoms with Crippen LogP contribution in [-0.4, -0.2) is 14.8 Å². The van der Waals surface area contributed by atoms with Crippen LogP contribution in [0.25, 0.3) is 0 Å². The van der Waals surface area contributed by atoms with Crippen LogP contribution in [0.15, 0.2) is 24.5 Å². The predicted molar refractivity (Wildman–Crippen MR) is 64.3 cm³/mol. The van der Waals surface area contributed by atoms with Gasteiger partial charge in [0.05, 0.1) is 0 Å². The Morgan fingerprint density at radius 2 is 2.28 bits per heavy atom. The fourth-order valence-corrected chi connectivity index (χ4v) is 1.59. The first-order valence-electron chi connectivity index (χ1n) is 5.58. The van der Waals surface area contributed by atoms with Crippen molar-refractivity contribution >= 4 is 0 Å². The molecule has 0 radical (unpaired) electrons. The zero-order valence-corrected chi connectivity index (χ0v) is 10.3. The van der Waals surface area contributed by atoms with Crippen LogP contribution in [0.3, 0.4) is 0 Å². The van der Waals surface area contributed by atoms with Crippen molar-refractivity contribution in [3.63, 3.8) is 0 Å². The molecule has 0 aliphatic rings. The van der Waals surface area contributed by atoms with E-state index < -0.39 is 0 Å². The zero-order chi connectivity index (χ0) is 13.1. The van der Waals surface area contributed by atoms with Gasteiger partial charge in [-0.1, -0.05) is 6.07 Å². The Labute approximate surface area is 104 Å².